The summed E-state index contributed by atoms with van der Waals surface area (Å²) in [6, 6.07) is 12.0. The van der Waals surface area contributed by atoms with E-state index >= 15 is 0 Å². The molecule has 0 aromatic heterocycles. The second-order valence-corrected chi connectivity index (χ2v) is 8.70. The van der Waals surface area contributed by atoms with Crippen LogP contribution in [0.15, 0.2) is 46.9 Å². The molecule has 0 aliphatic carbocycles. The SMILES string of the molecule is COCCCNC(=O)c1cccc(NC(=S)NC(=O)c2ccc(OCC(C)C)c(Br)c2)c1. The molecule has 2 aromatic rings. The first-order chi connectivity index (χ1) is 15.3. The molecule has 9 heteroatoms. The van der Waals surface area contributed by atoms with E-state index in [1.807, 2.05) is 0 Å². The van der Waals surface area contributed by atoms with E-state index in [2.05, 4.69) is 45.7 Å². The van der Waals surface area contributed by atoms with Crippen LogP contribution < -0.4 is 20.7 Å². The van der Waals surface area contributed by atoms with Crippen molar-refractivity contribution < 1.29 is 19.1 Å². The smallest absolute Gasteiger partial charge is 0.257 e. The Bertz CT molecular complexity index is 953. The van der Waals surface area contributed by atoms with Crippen LogP contribution in [0.25, 0.3) is 0 Å². The Morgan fingerprint density at radius 2 is 1.84 bits per heavy atom. The van der Waals surface area contributed by atoms with Gasteiger partial charge >= 0.3 is 0 Å². The van der Waals surface area contributed by atoms with E-state index < -0.39 is 0 Å². The molecule has 0 saturated heterocycles. The van der Waals surface area contributed by atoms with Crippen molar-refractivity contribution in [1.29, 1.82) is 0 Å². The standard InChI is InChI=1S/C23H28BrN3O4S/c1-15(2)14-31-20-9-8-17(13-19(20)24)22(29)27-23(32)26-18-7-4-6-16(12-18)21(28)25-10-5-11-30-3/h4,6-9,12-13,15H,5,10-11,14H2,1-3H3,(H,25,28)(H2,26,27,29,32). The summed E-state index contributed by atoms with van der Waals surface area (Å²) in [6.45, 7) is 5.82. The summed E-state index contributed by atoms with van der Waals surface area (Å²) in [4.78, 5) is 24.8. The summed E-state index contributed by atoms with van der Waals surface area (Å²) in [5, 5.41) is 8.54. The third-order valence-electron chi connectivity index (χ3n) is 4.19. The van der Waals surface area contributed by atoms with E-state index in [1.165, 1.54) is 0 Å². The summed E-state index contributed by atoms with van der Waals surface area (Å²) in [6.07, 6.45) is 0.733. The highest BCUT2D eigenvalue weighted by atomic mass is 79.9. The van der Waals surface area contributed by atoms with E-state index in [1.54, 1.807) is 49.6 Å². The molecule has 0 aliphatic rings. The number of anilines is 1. The second-order valence-electron chi connectivity index (χ2n) is 7.44. The summed E-state index contributed by atoms with van der Waals surface area (Å²) < 4.78 is 11.4. The van der Waals surface area contributed by atoms with Crippen LogP contribution in [0.4, 0.5) is 5.69 Å². The van der Waals surface area contributed by atoms with Gasteiger partial charge in [0.25, 0.3) is 11.8 Å². The van der Waals surface area contributed by atoms with Gasteiger partial charge in [-0.15, -0.1) is 0 Å². The molecule has 0 bridgehead atoms. The summed E-state index contributed by atoms with van der Waals surface area (Å²) >= 11 is 8.69. The van der Waals surface area contributed by atoms with Gasteiger partial charge in [0, 0.05) is 37.1 Å². The lowest BCUT2D eigenvalue weighted by atomic mass is 10.2. The number of benzene rings is 2. The molecule has 0 aliphatic heterocycles. The molecule has 0 saturated carbocycles. The number of thiocarbonyl (C=S) groups is 1. The van der Waals surface area contributed by atoms with Gasteiger partial charge in [-0.05, 0) is 76.9 Å². The predicted octanol–water partition coefficient (Wildman–Crippen LogP) is 4.38. The number of hydrogen-bond donors (Lipinski definition) is 3. The highest BCUT2D eigenvalue weighted by molar-refractivity contribution is 9.10. The highest BCUT2D eigenvalue weighted by Crippen LogP contribution is 2.26. The van der Waals surface area contributed by atoms with Gasteiger partial charge in [0.2, 0.25) is 0 Å². The number of ether oxygens (including phenoxy) is 2. The molecular formula is C23H28BrN3O4S. The predicted molar refractivity (Wildman–Crippen MR) is 133 cm³/mol. The van der Waals surface area contributed by atoms with Gasteiger partial charge in [-0.1, -0.05) is 19.9 Å². The molecule has 0 radical (unpaired) electrons. The molecule has 7 nitrogen and oxygen atoms in total. The quantitative estimate of drug-likeness (QED) is 0.317. The lowest BCUT2D eigenvalue weighted by molar-refractivity contribution is 0.0946. The van der Waals surface area contributed by atoms with Gasteiger partial charge in [-0.25, -0.2) is 0 Å². The molecule has 172 valence electrons. The number of hydrogen-bond acceptors (Lipinski definition) is 5. The van der Waals surface area contributed by atoms with Crippen LogP contribution in [-0.2, 0) is 4.74 Å². The molecule has 0 fully saturated rings. The Balaban J connectivity index is 1.92. The van der Waals surface area contributed by atoms with Gasteiger partial charge in [0.05, 0.1) is 11.1 Å². The van der Waals surface area contributed by atoms with Crippen LogP contribution in [0.1, 0.15) is 41.0 Å². The normalized spacial score (nSPS) is 10.5. The number of rotatable bonds is 10. The van der Waals surface area contributed by atoms with E-state index in [0.717, 1.165) is 6.42 Å². The molecule has 32 heavy (non-hydrogen) atoms. The van der Waals surface area contributed by atoms with E-state index in [4.69, 9.17) is 21.7 Å². The minimum absolute atomic E-state index is 0.129. The van der Waals surface area contributed by atoms with Crippen molar-refractivity contribution in [3.05, 3.63) is 58.1 Å². The van der Waals surface area contributed by atoms with Crippen LogP contribution in [0.3, 0.4) is 0 Å². The molecule has 2 aromatic carbocycles. The van der Waals surface area contributed by atoms with Gasteiger partial charge in [-0.2, -0.15) is 0 Å². The number of nitrogens with one attached hydrogen (secondary N) is 3. The average molecular weight is 522 g/mol. The minimum Gasteiger partial charge on any atom is -0.492 e. The third kappa shape index (κ3) is 8.57. The lowest BCUT2D eigenvalue weighted by Gasteiger charge is -2.13. The van der Waals surface area contributed by atoms with Crippen LogP contribution in [0.2, 0.25) is 0 Å². The lowest BCUT2D eigenvalue weighted by Crippen LogP contribution is -2.34. The first kappa shape index (κ1) is 25.8. The number of amides is 2. The number of carbonyl (C=O) groups is 2. The van der Waals surface area contributed by atoms with Crippen LogP contribution in [0, 0.1) is 5.92 Å². The molecule has 0 heterocycles. The molecule has 0 atom stereocenters. The Kier molecular flexibility index (Phi) is 10.6. The first-order valence-electron chi connectivity index (χ1n) is 10.2. The minimum atomic E-state index is -0.356. The topological polar surface area (TPSA) is 88.7 Å². The Morgan fingerprint density at radius 1 is 1.09 bits per heavy atom. The fourth-order valence-corrected chi connectivity index (χ4v) is 3.32. The van der Waals surface area contributed by atoms with E-state index in [0.29, 0.717) is 52.7 Å². The largest absolute Gasteiger partial charge is 0.492 e. The van der Waals surface area contributed by atoms with Crippen molar-refractivity contribution in [3.63, 3.8) is 0 Å². The number of methoxy groups -OCH3 is 1. The molecule has 2 amide bonds. The van der Waals surface area contributed by atoms with Crippen molar-refractivity contribution in [2.75, 3.05) is 32.2 Å². The van der Waals surface area contributed by atoms with Crippen molar-refractivity contribution in [3.8, 4) is 5.75 Å². The maximum absolute atomic E-state index is 12.5. The van der Waals surface area contributed by atoms with Crippen molar-refractivity contribution in [2.45, 2.75) is 20.3 Å². The van der Waals surface area contributed by atoms with Crippen molar-refractivity contribution >= 4 is 50.8 Å². The van der Waals surface area contributed by atoms with Crippen LogP contribution >= 0.6 is 28.1 Å². The summed E-state index contributed by atoms with van der Waals surface area (Å²) in [7, 11) is 1.62. The van der Waals surface area contributed by atoms with Gasteiger partial charge in [0.15, 0.2) is 5.11 Å². The Hall–Kier alpha value is -2.49. The zero-order valence-corrected chi connectivity index (χ0v) is 20.8. The fraction of sp³-hybridized carbons (Fsp3) is 0.348. The molecule has 0 spiro atoms. The number of halogens is 1. The second kappa shape index (κ2) is 13.1. The summed E-state index contributed by atoms with van der Waals surface area (Å²) in [5.41, 5.74) is 1.52. The monoisotopic (exact) mass is 521 g/mol. The van der Waals surface area contributed by atoms with Gasteiger partial charge in [0.1, 0.15) is 5.75 Å². The van der Waals surface area contributed by atoms with Crippen molar-refractivity contribution in [2.24, 2.45) is 5.92 Å². The third-order valence-corrected chi connectivity index (χ3v) is 5.01. The van der Waals surface area contributed by atoms with Gasteiger partial charge in [-0.3, -0.25) is 14.9 Å². The van der Waals surface area contributed by atoms with E-state index in [9.17, 15) is 9.59 Å². The number of carbonyl (C=O) groups excluding carboxylic acids is 2. The Morgan fingerprint density at radius 3 is 2.53 bits per heavy atom. The fourth-order valence-electron chi connectivity index (χ4n) is 2.61. The highest BCUT2D eigenvalue weighted by Gasteiger charge is 2.12. The van der Waals surface area contributed by atoms with Crippen molar-refractivity contribution in [1.82, 2.24) is 10.6 Å². The van der Waals surface area contributed by atoms with Crippen LogP contribution in [0.5, 0.6) is 5.75 Å². The van der Waals surface area contributed by atoms with E-state index in [-0.39, 0.29) is 16.9 Å². The molecule has 0 unspecified atom stereocenters. The molecule has 2 rings (SSSR count). The maximum Gasteiger partial charge on any atom is 0.257 e. The zero-order valence-electron chi connectivity index (χ0n) is 18.4. The molecule has 3 N–H and O–H groups in total. The maximum atomic E-state index is 12.5. The average Bonchev–Trinajstić information content (AvgIpc) is 2.75. The van der Waals surface area contributed by atoms with Crippen LogP contribution in [-0.4, -0.2) is 43.8 Å². The molecular weight excluding hydrogens is 494 g/mol. The first-order valence-corrected chi connectivity index (χ1v) is 11.4. The van der Waals surface area contributed by atoms with Gasteiger partial charge < -0.3 is 20.1 Å². The Labute approximate surface area is 202 Å². The zero-order chi connectivity index (χ0) is 23.5. The summed E-state index contributed by atoms with van der Waals surface area (Å²) in [5.74, 6) is 0.525.